The van der Waals surface area contributed by atoms with Crippen molar-refractivity contribution in [2.45, 2.75) is 0 Å². The van der Waals surface area contributed by atoms with Gasteiger partial charge in [-0.3, -0.25) is 0 Å². The minimum Gasteiger partial charge on any atom is -0.310 e. The Hall–Kier alpha value is -4.96. The van der Waals surface area contributed by atoms with E-state index in [-0.39, 0.29) is 0 Å². The number of benzene rings is 7. The Kier molecular flexibility index (Phi) is 5.62. The summed E-state index contributed by atoms with van der Waals surface area (Å²) < 4.78 is 5.33. The largest absolute Gasteiger partial charge is 0.310 e. The molecule has 0 bridgehead atoms. The number of nitrogens with zero attached hydrogens (tertiary/aromatic N) is 1. The second-order valence-corrected chi connectivity index (χ2v) is 13.2. The molecule has 0 aliphatic carbocycles. The first kappa shape index (κ1) is 24.6. The Bertz CT molecular complexity index is 2450. The average molecular weight is 584 g/mol. The molecule has 0 saturated carbocycles. The zero-order chi connectivity index (χ0) is 28.3. The van der Waals surface area contributed by atoms with Crippen LogP contribution in [-0.2, 0) is 0 Å². The number of anilines is 3. The molecule has 0 aliphatic heterocycles. The first-order valence-corrected chi connectivity index (χ1v) is 16.1. The third kappa shape index (κ3) is 4.12. The molecule has 0 amide bonds. The predicted octanol–water partition coefficient (Wildman–Crippen LogP) is 12.7. The van der Waals surface area contributed by atoms with Crippen LogP contribution < -0.4 is 4.90 Å². The van der Waals surface area contributed by atoms with Crippen LogP contribution in [0.25, 0.3) is 62.2 Å². The van der Waals surface area contributed by atoms with E-state index < -0.39 is 0 Å². The van der Waals surface area contributed by atoms with Gasteiger partial charge in [-0.2, -0.15) is 0 Å². The normalized spacial score (nSPS) is 11.7. The summed E-state index contributed by atoms with van der Waals surface area (Å²) in [6, 6.07) is 55.5. The van der Waals surface area contributed by atoms with Crippen molar-refractivity contribution < 1.29 is 0 Å². The van der Waals surface area contributed by atoms with Gasteiger partial charge in [0.25, 0.3) is 0 Å². The maximum absolute atomic E-state index is 2.36. The van der Waals surface area contributed by atoms with Crippen LogP contribution in [0.4, 0.5) is 17.1 Å². The van der Waals surface area contributed by atoms with Crippen LogP contribution in [0.5, 0.6) is 0 Å². The van der Waals surface area contributed by atoms with Crippen molar-refractivity contribution in [3.8, 4) is 11.1 Å². The quantitative estimate of drug-likeness (QED) is 0.199. The van der Waals surface area contributed by atoms with E-state index in [0.717, 1.165) is 17.1 Å². The van der Waals surface area contributed by atoms with Crippen LogP contribution >= 0.6 is 22.7 Å². The van der Waals surface area contributed by atoms with E-state index in [4.69, 9.17) is 0 Å². The highest BCUT2D eigenvalue weighted by atomic mass is 32.1. The van der Waals surface area contributed by atoms with Gasteiger partial charge >= 0.3 is 0 Å². The van der Waals surface area contributed by atoms with Crippen molar-refractivity contribution in [2.24, 2.45) is 0 Å². The van der Waals surface area contributed by atoms with E-state index in [1.807, 2.05) is 22.7 Å². The minimum atomic E-state index is 1.14. The lowest BCUT2D eigenvalue weighted by Crippen LogP contribution is -2.09. The van der Waals surface area contributed by atoms with Crippen molar-refractivity contribution in [1.29, 1.82) is 0 Å². The van der Waals surface area contributed by atoms with Crippen LogP contribution in [0.3, 0.4) is 0 Å². The average Bonchev–Trinajstić information content (AvgIpc) is 3.62. The molecular formula is C40H25NS2. The highest BCUT2D eigenvalue weighted by Crippen LogP contribution is 2.41. The Morgan fingerprint density at radius 1 is 0.326 bits per heavy atom. The summed E-state index contributed by atoms with van der Waals surface area (Å²) in [5.74, 6) is 0. The smallest absolute Gasteiger partial charge is 0.0468 e. The molecule has 43 heavy (non-hydrogen) atoms. The van der Waals surface area contributed by atoms with Gasteiger partial charge in [0.15, 0.2) is 0 Å². The highest BCUT2D eigenvalue weighted by molar-refractivity contribution is 7.26. The number of thiophene rings is 2. The fourth-order valence-electron chi connectivity index (χ4n) is 6.33. The van der Waals surface area contributed by atoms with Gasteiger partial charge in [0.2, 0.25) is 0 Å². The van der Waals surface area contributed by atoms with E-state index in [1.54, 1.807) is 0 Å². The maximum Gasteiger partial charge on any atom is 0.0468 e. The van der Waals surface area contributed by atoms with Gasteiger partial charge in [0.1, 0.15) is 0 Å². The molecule has 1 nitrogen and oxygen atoms in total. The monoisotopic (exact) mass is 583 g/mol. The third-order valence-electron chi connectivity index (χ3n) is 8.43. The summed E-state index contributed by atoms with van der Waals surface area (Å²) in [5, 5.41) is 7.88. The van der Waals surface area contributed by atoms with E-state index in [9.17, 15) is 0 Å². The zero-order valence-electron chi connectivity index (χ0n) is 23.2. The second kappa shape index (κ2) is 9.81. The topological polar surface area (TPSA) is 3.24 Å². The Morgan fingerprint density at radius 3 is 1.67 bits per heavy atom. The summed E-state index contributed by atoms with van der Waals surface area (Å²) in [5.41, 5.74) is 5.90. The Balaban J connectivity index is 1.12. The molecule has 7 aromatic carbocycles. The Morgan fingerprint density at radius 2 is 0.907 bits per heavy atom. The summed E-state index contributed by atoms with van der Waals surface area (Å²) in [6.45, 7) is 0. The molecule has 9 rings (SSSR count). The summed E-state index contributed by atoms with van der Waals surface area (Å²) in [4.78, 5) is 2.36. The zero-order valence-corrected chi connectivity index (χ0v) is 24.8. The van der Waals surface area contributed by atoms with Gasteiger partial charge in [0.05, 0.1) is 0 Å². The van der Waals surface area contributed by atoms with E-state index in [0.29, 0.717) is 0 Å². The summed E-state index contributed by atoms with van der Waals surface area (Å²) in [7, 11) is 0. The molecule has 0 atom stereocenters. The molecule has 0 N–H and O–H groups in total. The molecular weight excluding hydrogens is 559 g/mol. The van der Waals surface area contributed by atoms with Crippen LogP contribution in [0.15, 0.2) is 152 Å². The molecule has 0 radical (unpaired) electrons. The SMILES string of the molecule is c1ccc(N(c2ccc(-c3ccc4cc5c(cc4c3)sc3ccccc35)cc2)c2ccc3sc4ccccc4c3c2)cc1. The number of hydrogen-bond donors (Lipinski definition) is 0. The predicted molar refractivity (Wildman–Crippen MR) is 190 cm³/mol. The molecule has 0 saturated heterocycles. The van der Waals surface area contributed by atoms with E-state index in [2.05, 4.69) is 157 Å². The first-order chi connectivity index (χ1) is 21.3. The lowest BCUT2D eigenvalue weighted by molar-refractivity contribution is 1.29. The molecule has 2 aromatic heterocycles. The van der Waals surface area contributed by atoms with Crippen molar-refractivity contribution in [3.63, 3.8) is 0 Å². The van der Waals surface area contributed by atoms with Gasteiger partial charge < -0.3 is 4.90 Å². The van der Waals surface area contributed by atoms with Gasteiger partial charge in [-0.25, -0.2) is 0 Å². The maximum atomic E-state index is 2.36. The van der Waals surface area contributed by atoms with Crippen LogP contribution in [-0.4, -0.2) is 0 Å². The van der Waals surface area contributed by atoms with Crippen LogP contribution in [0.2, 0.25) is 0 Å². The fourth-order valence-corrected chi connectivity index (χ4v) is 8.55. The molecule has 0 spiro atoms. The lowest BCUT2D eigenvalue weighted by atomic mass is 9.99. The van der Waals surface area contributed by atoms with Gasteiger partial charge in [0, 0.05) is 57.4 Å². The molecule has 9 aromatic rings. The van der Waals surface area contributed by atoms with Crippen molar-refractivity contribution >= 4 is 90.9 Å². The molecule has 202 valence electrons. The molecule has 0 fully saturated rings. The number of para-hydroxylation sites is 1. The van der Waals surface area contributed by atoms with Gasteiger partial charge in [-0.15, -0.1) is 22.7 Å². The second-order valence-electron chi connectivity index (χ2n) is 11.0. The highest BCUT2D eigenvalue weighted by Gasteiger charge is 2.15. The Labute approximate surface area is 257 Å². The van der Waals surface area contributed by atoms with Gasteiger partial charge in [-0.05, 0) is 94.7 Å². The minimum absolute atomic E-state index is 1.14. The van der Waals surface area contributed by atoms with Gasteiger partial charge in [-0.1, -0.05) is 78.9 Å². The fraction of sp³-hybridized carbons (Fsp3) is 0. The molecule has 0 aliphatic rings. The first-order valence-electron chi connectivity index (χ1n) is 14.5. The lowest BCUT2D eigenvalue weighted by Gasteiger charge is -2.26. The third-order valence-corrected chi connectivity index (χ3v) is 10.7. The van der Waals surface area contributed by atoms with Crippen LogP contribution in [0.1, 0.15) is 0 Å². The van der Waals surface area contributed by atoms with E-state index >= 15 is 0 Å². The summed E-state index contributed by atoms with van der Waals surface area (Å²) in [6.07, 6.45) is 0. The standard InChI is InChI=1S/C40H25NS2/c1-2-8-30(9-3-1)41(32-20-21-39-36(25-32)34-11-5-6-12-37(34)42-39)31-18-16-26(17-19-31)27-14-15-28-23-35-33-10-4-7-13-38(33)43-40(35)24-29(28)22-27/h1-25H. The molecule has 3 heteroatoms. The van der Waals surface area contributed by atoms with Crippen molar-refractivity contribution in [1.82, 2.24) is 0 Å². The van der Waals surface area contributed by atoms with Crippen LogP contribution in [0, 0.1) is 0 Å². The number of hydrogen-bond acceptors (Lipinski definition) is 3. The molecule has 2 heterocycles. The number of rotatable bonds is 4. The van der Waals surface area contributed by atoms with E-state index in [1.165, 1.54) is 62.2 Å². The van der Waals surface area contributed by atoms with Crippen molar-refractivity contribution in [2.75, 3.05) is 4.90 Å². The van der Waals surface area contributed by atoms with Crippen molar-refractivity contribution in [3.05, 3.63) is 152 Å². The number of fused-ring (bicyclic) bond motifs is 7. The molecule has 0 unspecified atom stereocenters. The summed E-state index contributed by atoms with van der Waals surface area (Å²) >= 11 is 3.73.